The fourth-order valence-electron chi connectivity index (χ4n) is 8.31. The molecule has 0 saturated carbocycles. The predicted octanol–water partition coefficient (Wildman–Crippen LogP) is 6.73. The highest BCUT2D eigenvalue weighted by Crippen LogP contribution is 2.45. The van der Waals surface area contributed by atoms with Crippen LogP contribution in [0.3, 0.4) is 0 Å². The van der Waals surface area contributed by atoms with Gasteiger partial charge in [-0.2, -0.15) is 23.1 Å². The molecule has 8 nitrogen and oxygen atoms in total. The number of piperazine rings is 1. The first-order valence-electron chi connectivity index (χ1n) is 16.6. The van der Waals surface area contributed by atoms with Crippen LogP contribution in [0.4, 0.5) is 32.2 Å². The SMILES string of the molecule is C#Cc1c(F)ccc2cc(OC(=O)C(F)(F)F)cc(-c3c(Cl)cc4c(N5CC6CCC(C5)N6)nc(OC[C@@]56CCCN5C[C@H](F)C6)nc4c3F)c12. The van der Waals surface area contributed by atoms with E-state index in [2.05, 4.69) is 25.9 Å². The second kappa shape index (κ2) is 12.4. The lowest BCUT2D eigenvalue weighted by Gasteiger charge is -2.34. The number of hydrogen-bond acceptors (Lipinski definition) is 8. The first-order valence-corrected chi connectivity index (χ1v) is 17.0. The maximum absolute atomic E-state index is 17.2. The number of anilines is 1. The van der Waals surface area contributed by atoms with Crippen LogP contribution >= 0.6 is 11.6 Å². The number of ether oxygens (including phenoxy) is 2. The molecule has 51 heavy (non-hydrogen) atoms. The third-order valence-corrected chi connectivity index (χ3v) is 10.8. The predicted molar refractivity (Wildman–Crippen MR) is 178 cm³/mol. The average Bonchev–Trinajstić information content (AvgIpc) is 3.73. The van der Waals surface area contributed by atoms with Crippen LogP contribution in [-0.4, -0.2) is 83.6 Å². The Morgan fingerprint density at radius 1 is 1.12 bits per heavy atom. The highest BCUT2D eigenvalue weighted by atomic mass is 35.5. The van der Waals surface area contributed by atoms with Gasteiger partial charge in [0.2, 0.25) is 0 Å². The number of terminal acetylenes is 1. The van der Waals surface area contributed by atoms with E-state index in [0.717, 1.165) is 50.4 Å². The minimum absolute atomic E-state index is 0.0451. The number of rotatable bonds is 6. The smallest absolute Gasteiger partial charge is 0.461 e. The molecule has 1 aromatic heterocycles. The summed E-state index contributed by atoms with van der Waals surface area (Å²) >= 11 is 6.82. The van der Waals surface area contributed by atoms with Crippen molar-refractivity contribution in [1.82, 2.24) is 20.2 Å². The summed E-state index contributed by atoms with van der Waals surface area (Å²) < 4.78 is 97.2. The lowest BCUT2D eigenvalue weighted by Crippen LogP contribution is -2.51. The van der Waals surface area contributed by atoms with Crippen LogP contribution < -0.4 is 19.7 Å². The Morgan fingerprint density at radius 3 is 2.61 bits per heavy atom. The van der Waals surface area contributed by atoms with Gasteiger partial charge in [0.1, 0.15) is 35.7 Å². The molecule has 0 amide bonds. The van der Waals surface area contributed by atoms with Crippen molar-refractivity contribution in [3.05, 3.63) is 52.6 Å². The zero-order valence-electron chi connectivity index (χ0n) is 26.9. The van der Waals surface area contributed by atoms with E-state index < -0.39 is 41.2 Å². The summed E-state index contributed by atoms with van der Waals surface area (Å²) in [7, 11) is 0. The summed E-state index contributed by atoms with van der Waals surface area (Å²) in [6.07, 6.45) is 3.12. The lowest BCUT2D eigenvalue weighted by molar-refractivity contribution is -0.189. The number of carbonyl (C=O) groups is 1. The standard InChI is InChI=1S/C36H30ClF6N5O3/c1-2-23-27(39)7-4-18-10-22(51-33(49)36(41,42)43)11-24(28(18)23)29-26(37)12-25-31(30(29)40)45-34(46-32(25)47-15-20-5-6-21(16-47)44-20)50-17-35-8-3-9-48(35)14-19(38)13-35/h1,4,7,10-12,19-21,44H,3,5-6,8-9,13-17H2/t19-,20?,21?,35+/m1/s1. The highest BCUT2D eigenvalue weighted by Gasteiger charge is 2.49. The first kappa shape index (κ1) is 33.8. The number of alkyl halides is 4. The Kier molecular flexibility index (Phi) is 8.23. The number of esters is 1. The molecule has 4 fully saturated rings. The summed E-state index contributed by atoms with van der Waals surface area (Å²) in [6, 6.07) is 5.88. The number of nitrogens with zero attached hydrogens (tertiary/aromatic N) is 4. The summed E-state index contributed by atoms with van der Waals surface area (Å²) in [5.74, 6) is -2.37. The summed E-state index contributed by atoms with van der Waals surface area (Å²) in [5.41, 5.74) is -1.66. The first-order chi connectivity index (χ1) is 24.3. The maximum atomic E-state index is 17.2. The molecule has 0 aliphatic carbocycles. The largest absolute Gasteiger partial charge is 0.491 e. The molecule has 4 aliphatic rings. The molecule has 3 aromatic carbocycles. The summed E-state index contributed by atoms with van der Waals surface area (Å²) in [6.45, 7) is 2.24. The van der Waals surface area contributed by atoms with Gasteiger partial charge >= 0.3 is 18.2 Å². The Labute approximate surface area is 293 Å². The molecule has 4 aliphatic heterocycles. The quantitative estimate of drug-likeness (QED) is 0.101. The second-order valence-electron chi connectivity index (χ2n) is 13.7. The van der Waals surface area contributed by atoms with Crippen LogP contribution in [0.1, 0.15) is 37.7 Å². The molecule has 4 aromatic rings. The number of benzene rings is 3. The fourth-order valence-corrected chi connectivity index (χ4v) is 8.60. The summed E-state index contributed by atoms with van der Waals surface area (Å²) in [5, 5.41) is 3.60. The van der Waals surface area contributed by atoms with Gasteiger partial charge in [-0.05, 0) is 67.4 Å². The number of halogens is 7. The van der Waals surface area contributed by atoms with E-state index in [9.17, 15) is 22.4 Å². The Morgan fingerprint density at radius 2 is 1.88 bits per heavy atom. The van der Waals surface area contributed by atoms with E-state index >= 15 is 8.78 Å². The van der Waals surface area contributed by atoms with Crippen LogP contribution in [0.2, 0.25) is 5.02 Å². The van der Waals surface area contributed by atoms with E-state index in [1.807, 2.05) is 4.90 Å². The molecule has 4 atom stereocenters. The van der Waals surface area contributed by atoms with Gasteiger partial charge in [-0.1, -0.05) is 23.6 Å². The van der Waals surface area contributed by atoms with E-state index in [4.69, 9.17) is 27.7 Å². The molecule has 266 valence electrons. The second-order valence-corrected chi connectivity index (χ2v) is 14.1. The third-order valence-electron chi connectivity index (χ3n) is 10.5. The van der Waals surface area contributed by atoms with Crippen LogP contribution in [0, 0.1) is 24.0 Å². The third kappa shape index (κ3) is 5.89. The molecule has 4 saturated heterocycles. The number of aromatic nitrogens is 2. The Bertz CT molecular complexity index is 2130. The van der Waals surface area contributed by atoms with E-state index in [-0.39, 0.29) is 68.1 Å². The van der Waals surface area contributed by atoms with Gasteiger partial charge in [0, 0.05) is 54.5 Å². The van der Waals surface area contributed by atoms with Crippen LogP contribution in [-0.2, 0) is 4.79 Å². The molecular formula is C36H30ClF6N5O3. The number of nitrogens with one attached hydrogen (secondary N) is 1. The van der Waals surface area contributed by atoms with E-state index in [1.54, 1.807) is 0 Å². The van der Waals surface area contributed by atoms with Crippen molar-refractivity contribution in [2.45, 2.75) is 62.1 Å². The minimum atomic E-state index is -5.33. The molecular weight excluding hydrogens is 700 g/mol. The normalized spacial score (nSPS) is 24.7. The molecule has 2 unspecified atom stereocenters. The van der Waals surface area contributed by atoms with Crippen molar-refractivity contribution in [2.75, 3.05) is 37.7 Å². The Hall–Kier alpha value is -4.32. The van der Waals surface area contributed by atoms with Crippen LogP contribution in [0.5, 0.6) is 11.8 Å². The van der Waals surface area contributed by atoms with E-state index in [1.165, 1.54) is 12.1 Å². The number of carbonyl (C=O) groups excluding carboxylic acids is 1. The topological polar surface area (TPSA) is 79.8 Å². The number of fused-ring (bicyclic) bond motifs is 5. The summed E-state index contributed by atoms with van der Waals surface area (Å²) in [4.78, 5) is 25.1. The van der Waals surface area contributed by atoms with Gasteiger partial charge in [0.25, 0.3) is 0 Å². The van der Waals surface area contributed by atoms with Crippen molar-refractivity contribution in [1.29, 1.82) is 0 Å². The van der Waals surface area contributed by atoms with Crippen molar-refractivity contribution in [3.8, 4) is 35.2 Å². The molecule has 0 radical (unpaired) electrons. The zero-order valence-corrected chi connectivity index (χ0v) is 27.7. The molecule has 0 spiro atoms. The van der Waals surface area contributed by atoms with Gasteiger partial charge in [0.15, 0.2) is 5.82 Å². The monoisotopic (exact) mass is 729 g/mol. The molecule has 8 rings (SSSR count). The lowest BCUT2D eigenvalue weighted by atomic mass is 9.93. The average molecular weight is 730 g/mol. The van der Waals surface area contributed by atoms with Crippen molar-refractivity contribution < 1.29 is 40.6 Å². The molecule has 1 N–H and O–H groups in total. The maximum Gasteiger partial charge on any atom is 0.491 e. The number of hydrogen-bond donors (Lipinski definition) is 1. The van der Waals surface area contributed by atoms with Crippen molar-refractivity contribution >= 4 is 45.1 Å². The van der Waals surface area contributed by atoms with E-state index in [0.29, 0.717) is 31.9 Å². The highest BCUT2D eigenvalue weighted by molar-refractivity contribution is 6.35. The minimum Gasteiger partial charge on any atom is -0.461 e. The fraction of sp³-hybridized carbons (Fsp3) is 0.417. The van der Waals surface area contributed by atoms with Gasteiger partial charge in [-0.15, -0.1) is 6.42 Å². The Balaban J connectivity index is 1.31. The van der Waals surface area contributed by atoms with Gasteiger partial charge in [-0.3, -0.25) is 4.90 Å². The van der Waals surface area contributed by atoms with Crippen LogP contribution in [0.15, 0.2) is 30.3 Å². The molecule has 2 bridgehead atoms. The van der Waals surface area contributed by atoms with Gasteiger partial charge < -0.3 is 19.7 Å². The molecule has 15 heteroatoms. The van der Waals surface area contributed by atoms with Gasteiger partial charge in [0.05, 0.1) is 16.1 Å². The van der Waals surface area contributed by atoms with Crippen LogP contribution in [0.25, 0.3) is 32.8 Å². The molecule has 5 heterocycles. The van der Waals surface area contributed by atoms with Gasteiger partial charge in [-0.25, -0.2) is 18.0 Å². The zero-order chi connectivity index (χ0) is 35.8. The van der Waals surface area contributed by atoms with Crippen molar-refractivity contribution in [3.63, 3.8) is 0 Å². The van der Waals surface area contributed by atoms with Crippen molar-refractivity contribution in [2.24, 2.45) is 0 Å².